The molecule has 7 rings (SSSR count). The van der Waals surface area contributed by atoms with Crippen molar-refractivity contribution < 1.29 is 0 Å². The second kappa shape index (κ2) is 11.4. The van der Waals surface area contributed by atoms with E-state index in [1.54, 1.807) is 12.4 Å². The lowest BCUT2D eigenvalue weighted by atomic mass is 9.95. The van der Waals surface area contributed by atoms with Gasteiger partial charge in [-0.15, -0.1) is 5.10 Å². The van der Waals surface area contributed by atoms with Gasteiger partial charge in [-0.05, 0) is 49.2 Å². The Kier molecular flexibility index (Phi) is 6.96. The molecule has 2 aromatic carbocycles. The Labute approximate surface area is 242 Å². The normalized spacial score (nSPS) is 15.7. The summed E-state index contributed by atoms with van der Waals surface area (Å²) in [7, 11) is 0. The number of amidine groups is 1. The van der Waals surface area contributed by atoms with Crippen LogP contribution in [0.4, 0.5) is 0 Å². The molecule has 0 saturated carbocycles. The zero-order valence-electron chi connectivity index (χ0n) is 22.9. The molecule has 9 heteroatoms. The largest absolute Gasteiger partial charge is 0.328 e. The van der Waals surface area contributed by atoms with Crippen LogP contribution in [-0.4, -0.2) is 55.2 Å². The first-order valence-electron chi connectivity index (χ1n) is 14.1. The third-order valence-corrected chi connectivity index (χ3v) is 7.80. The number of aromatic amines is 2. The van der Waals surface area contributed by atoms with Crippen molar-refractivity contribution in [3.63, 3.8) is 0 Å². The molecule has 1 saturated heterocycles. The Balaban J connectivity index is 1.05. The van der Waals surface area contributed by atoms with Gasteiger partial charge in [-0.1, -0.05) is 60.5 Å². The van der Waals surface area contributed by atoms with E-state index < -0.39 is 0 Å². The fraction of sp³-hybridized carbons (Fsp3) is 0.212. The van der Waals surface area contributed by atoms with E-state index >= 15 is 0 Å². The van der Waals surface area contributed by atoms with Crippen molar-refractivity contribution in [2.24, 2.45) is 9.98 Å². The van der Waals surface area contributed by atoms with E-state index in [2.05, 4.69) is 83.4 Å². The number of nitrogens with one attached hydrogen (secondary N) is 2. The van der Waals surface area contributed by atoms with Crippen LogP contribution in [0, 0.1) is 12.0 Å². The number of hydrogen-bond donors (Lipinski definition) is 2. The molecule has 42 heavy (non-hydrogen) atoms. The van der Waals surface area contributed by atoms with Crippen LogP contribution in [0.15, 0.2) is 87.7 Å². The molecule has 0 amide bonds. The third-order valence-electron chi connectivity index (χ3n) is 7.80. The number of hydrogen-bond acceptors (Lipinski definition) is 7. The number of likely N-dealkylation sites (tertiary alicyclic amines) is 1. The molecule has 0 unspecified atom stereocenters. The Morgan fingerprint density at radius 3 is 2.62 bits per heavy atom. The number of piperidine rings is 1. The van der Waals surface area contributed by atoms with Crippen LogP contribution in [0.25, 0.3) is 33.3 Å². The number of H-pyrrole nitrogens is 2. The van der Waals surface area contributed by atoms with Gasteiger partial charge in [0.1, 0.15) is 5.82 Å². The number of aromatic nitrogens is 5. The highest BCUT2D eigenvalue weighted by Crippen LogP contribution is 2.33. The number of pyridine rings is 2. The molecule has 0 aliphatic carbocycles. The summed E-state index contributed by atoms with van der Waals surface area (Å²) in [6.07, 6.45) is 5.98. The lowest BCUT2D eigenvalue weighted by molar-refractivity contribution is 0.202. The molecular weight excluding hydrogens is 524 g/mol. The molecule has 0 bridgehead atoms. The standard InChI is InChI=1S/C33H28N8O/c42-33-27-20-26(23-6-2-1-3-7-23)29(37-28(27)12-17-36-33)24-10-8-22(9-11-24)21-41-18-13-25(14-19-41)30-38-32(40-39-30)31-34-15-4-5-16-35-31/h1-3,6-12,15,17,20,25H,4,13-14,18-19,21H2,(H,36,42)(H,38,39,40). The molecule has 9 nitrogen and oxygen atoms in total. The van der Waals surface area contributed by atoms with Crippen molar-refractivity contribution in [1.29, 1.82) is 0 Å². The van der Waals surface area contributed by atoms with Gasteiger partial charge in [0.05, 0.1) is 16.6 Å². The predicted octanol–water partition coefficient (Wildman–Crippen LogP) is 4.94. The van der Waals surface area contributed by atoms with Gasteiger partial charge in [-0.2, -0.15) is 4.99 Å². The summed E-state index contributed by atoms with van der Waals surface area (Å²) in [6.45, 7) is 2.84. The summed E-state index contributed by atoms with van der Waals surface area (Å²) in [4.78, 5) is 35.8. The summed E-state index contributed by atoms with van der Waals surface area (Å²) >= 11 is 0. The van der Waals surface area contributed by atoms with E-state index in [1.807, 2.05) is 30.3 Å². The summed E-state index contributed by atoms with van der Waals surface area (Å²) in [5.74, 6) is 5.08. The molecule has 2 N–H and O–H groups in total. The highest BCUT2D eigenvalue weighted by atomic mass is 16.1. The summed E-state index contributed by atoms with van der Waals surface area (Å²) in [6, 6.07) is 25.3. The van der Waals surface area contributed by atoms with E-state index in [1.165, 1.54) is 5.56 Å². The molecular formula is C33H28N8O. The Hall–Kier alpha value is -5.20. The van der Waals surface area contributed by atoms with Gasteiger partial charge in [0.25, 0.3) is 5.56 Å². The lowest BCUT2D eigenvalue weighted by Crippen LogP contribution is -2.32. The monoisotopic (exact) mass is 552 g/mol. The van der Waals surface area contributed by atoms with E-state index in [0.29, 0.717) is 34.9 Å². The molecule has 0 atom stereocenters. The van der Waals surface area contributed by atoms with Crippen LogP contribution in [-0.2, 0) is 6.54 Å². The molecule has 0 spiro atoms. The number of benzene rings is 2. The van der Waals surface area contributed by atoms with Gasteiger partial charge in [-0.3, -0.25) is 14.8 Å². The first kappa shape index (κ1) is 25.7. The topological polar surface area (TPSA) is 115 Å². The van der Waals surface area contributed by atoms with Crippen LogP contribution < -0.4 is 5.56 Å². The van der Waals surface area contributed by atoms with E-state index in [0.717, 1.165) is 60.7 Å². The van der Waals surface area contributed by atoms with Gasteiger partial charge < -0.3 is 4.98 Å². The average Bonchev–Trinajstić information content (AvgIpc) is 3.37. The first-order chi connectivity index (χ1) is 20.7. The van der Waals surface area contributed by atoms with Crippen LogP contribution in [0.2, 0.25) is 0 Å². The second-order valence-electron chi connectivity index (χ2n) is 10.5. The zero-order valence-corrected chi connectivity index (χ0v) is 22.9. The molecule has 5 heterocycles. The molecule has 1 fully saturated rings. The van der Waals surface area contributed by atoms with Gasteiger partial charge in [0, 0.05) is 48.5 Å². The lowest BCUT2D eigenvalue weighted by Gasteiger charge is -2.31. The average molecular weight is 553 g/mol. The van der Waals surface area contributed by atoms with Crippen LogP contribution in [0.3, 0.4) is 0 Å². The maximum absolute atomic E-state index is 12.5. The number of aliphatic imine (C=N–C) groups is 2. The number of fused-ring (bicyclic) bond motifs is 1. The minimum atomic E-state index is -0.135. The summed E-state index contributed by atoms with van der Waals surface area (Å²) in [5, 5.41) is 8.03. The molecule has 3 aromatic heterocycles. The van der Waals surface area contributed by atoms with Gasteiger partial charge >= 0.3 is 0 Å². The SMILES string of the molecule is O=c1[nH]ccc2nc(-c3ccc(CN4CCC(c5nc(C6=NC#CCC=N6)n[nH]5)CC4)cc3)c(-c3ccccc3)cc12. The van der Waals surface area contributed by atoms with Gasteiger partial charge in [0.15, 0.2) is 0 Å². The van der Waals surface area contributed by atoms with Crippen molar-refractivity contribution in [3.05, 3.63) is 100 Å². The maximum Gasteiger partial charge on any atom is 0.257 e. The van der Waals surface area contributed by atoms with Gasteiger partial charge in [-0.25, -0.2) is 15.0 Å². The third kappa shape index (κ3) is 5.28. The van der Waals surface area contributed by atoms with Crippen molar-refractivity contribution in [3.8, 4) is 34.3 Å². The van der Waals surface area contributed by atoms with Crippen LogP contribution in [0.5, 0.6) is 0 Å². The van der Waals surface area contributed by atoms with E-state index in [-0.39, 0.29) is 5.56 Å². The quantitative estimate of drug-likeness (QED) is 0.290. The van der Waals surface area contributed by atoms with Crippen molar-refractivity contribution >= 4 is 23.0 Å². The highest BCUT2D eigenvalue weighted by molar-refractivity contribution is 6.01. The molecule has 206 valence electrons. The van der Waals surface area contributed by atoms with Crippen molar-refractivity contribution in [2.45, 2.75) is 31.7 Å². The zero-order chi connectivity index (χ0) is 28.3. The van der Waals surface area contributed by atoms with Gasteiger partial charge in [0.2, 0.25) is 11.7 Å². The fourth-order valence-corrected chi connectivity index (χ4v) is 5.57. The Morgan fingerprint density at radius 2 is 1.79 bits per heavy atom. The molecule has 5 aromatic rings. The molecule has 0 radical (unpaired) electrons. The maximum atomic E-state index is 12.5. The number of nitrogens with zero attached hydrogens (tertiary/aromatic N) is 6. The van der Waals surface area contributed by atoms with Crippen molar-refractivity contribution in [2.75, 3.05) is 13.1 Å². The minimum Gasteiger partial charge on any atom is -0.328 e. The summed E-state index contributed by atoms with van der Waals surface area (Å²) in [5.41, 5.74) is 5.66. The Bertz CT molecular complexity index is 1920. The smallest absolute Gasteiger partial charge is 0.257 e. The van der Waals surface area contributed by atoms with Crippen LogP contribution in [0.1, 0.15) is 42.4 Å². The van der Waals surface area contributed by atoms with E-state index in [4.69, 9.17) is 4.98 Å². The molecule has 2 aliphatic rings. The minimum absolute atomic E-state index is 0.135. The first-order valence-corrected chi connectivity index (χ1v) is 14.1. The highest BCUT2D eigenvalue weighted by Gasteiger charge is 2.24. The summed E-state index contributed by atoms with van der Waals surface area (Å²) < 4.78 is 0. The molecule has 2 aliphatic heterocycles. The fourth-order valence-electron chi connectivity index (χ4n) is 5.57. The Morgan fingerprint density at radius 1 is 0.952 bits per heavy atom. The second-order valence-corrected chi connectivity index (χ2v) is 10.5. The predicted molar refractivity (Wildman–Crippen MR) is 164 cm³/mol. The van der Waals surface area contributed by atoms with E-state index in [9.17, 15) is 4.79 Å². The van der Waals surface area contributed by atoms with Crippen molar-refractivity contribution in [1.82, 2.24) is 30.0 Å². The number of rotatable bonds is 6. The van der Waals surface area contributed by atoms with Crippen LogP contribution >= 0.6 is 0 Å².